The molecule has 1 aliphatic rings. The van der Waals surface area contributed by atoms with Crippen LogP contribution >= 0.6 is 38.3 Å². The largest absolute Gasteiger partial charge is 0.466 e. The van der Waals surface area contributed by atoms with Crippen molar-refractivity contribution < 1.29 is 37.1 Å². The van der Waals surface area contributed by atoms with Gasteiger partial charge < -0.3 is 33.7 Å². The van der Waals surface area contributed by atoms with Crippen LogP contribution in [-0.2, 0) is 52.8 Å². The number of thiazole rings is 1. The van der Waals surface area contributed by atoms with Crippen molar-refractivity contribution in [2.45, 2.75) is 37.8 Å². The number of aromatic amines is 1. The summed E-state index contributed by atoms with van der Waals surface area (Å²) in [5.41, 5.74) is 8.14. The number of nitrogens with zero attached hydrogens (tertiary/aromatic N) is 5. The van der Waals surface area contributed by atoms with Crippen molar-refractivity contribution in [3.8, 4) is 10.4 Å². The van der Waals surface area contributed by atoms with Gasteiger partial charge in [0.15, 0.2) is 23.6 Å². The van der Waals surface area contributed by atoms with E-state index in [0.29, 0.717) is 18.7 Å². The summed E-state index contributed by atoms with van der Waals surface area (Å²) in [7, 11) is -0.231. The lowest BCUT2D eigenvalue weighted by molar-refractivity contribution is -0.128. The van der Waals surface area contributed by atoms with Crippen LogP contribution < -0.4 is 11.3 Å². The Bertz CT molecular complexity index is 1640. The zero-order chi connectivity index (χ0) is 29.9. The number of fused-ring (bicyclic) bond motifs is 1. The van der Waals surface area contributed by atoms with Gasteiger partial charge in [0.1, 0.15) is 18.8 Å². The van der Waals surface area contributed by atoms with E-state index >= 15 is 4.39 Å². The van der Waals surface area contributed by atoms with Crippen molar-refractivity contribution in [2.75, 3.05) is 18.9 Å². The SMILES string of the molecule is Nc1nc2c(ncn2[C@@H]2O[C@H](COPS)[C@@H](F)[C@H]2OP(O)(=S)OCc2cc(-c3cncs3)cn2CCOC=O)c(=O)[nH]1. The molecule has 21 heteroatoms. The van der Waals surface area contributed by atoms with Gasteiger partial charge in [-0.1, -0.05) is 0 Å². The molecule has 0 aliphatic carbocycles. The molecule has 2 unspecified atom stereocenters. The smallest absolute Gasteiger partial charge is 0.325 e. The van der Waals surface area contributed by atoms with Gasteiger partial charge in [0.2, 0.25) is 5.95 Å². The van der Waals surface area contributed by atoms with E-state index in [-0.39, 0.29) is 44.9 Å². The number of carbonyl (C=O) groups is 1. The van der Waals surface area contributed by atoms with Crippen LogP contribution in [0.2, 0.25) is 0 Å². The molecule has 1 fully saturated rings. The lowest BCUT2D eigenvalue weighted by Crippen LogP contribution is -2.32. The van der Waals surface area contributed by atoms with Crippen molar-refractivity contribution in [3.05, 3.63) is 46.3 Å². The number of aromatic nitrogens is 6. The highest BCUT2D eigenvalue weighted by Crippen LogP contribution is 2.51. The molecule has 1 aliphatic heterocycles. The van der Waals surface area contributed by atoms with Gasteiger partial charge in [0, 0.05) is 23.7 Å². The first-order valence-electron chi connectivity index (χ1n) is 12.0. The normalized spacial score (nSPS) is 22.3. The summed E-state index contributed by atoms with van der Waals surface area (Å²) in [5, 5.41) is 0. The van der Waals surface area contributed by atoms with Gasteiger partial charge in [-0.05, 0) is 17.9 Å². The molecule has 15 nitrogen and oxygen atoms in total. The standard InChI is InChI=1S/C21H24FN7O8P2S3/c22-15-13(7-34-38-40)36-20(29-8-25-16-18(29)26-21(23)27-19(16)31)17(15)37-39(32,41)35-6-12-3-11(14-4-24-9-42-14)5-28(12)1-2-33-10-30/h3-5,8-10,13,15,17,20,38,40H,1-2,6-7H2,(H,32,41)(H3,23,26,27,31)/t13-,15-,17-,20-,39?/m1/s1. The zero-order valence-electron chi connectivity index (χ0n) is 21.3. The second-order valence-corrected chi connectivity index (χ2v) is 13.4. The Kier molecular flexibility index (Phi) is 10.0. The Morgan fingerprint density at radius 3 is 3.02 bits per heavy atom. The number of carbonyl (C=O) groups excluding carboxylic acids is 1. The van der Waals surface area contributed by atoms with Gasteiger partial charge >= 0.3 is 6.72 Å². The van der Waals surface area contributed by atoms with Gasteiger partial charge in [-0.2, -0.15) is 4.98 Å². The third-order valence-electron chi connectivity index (χ3n) is 6.15. The van der Waals surface area contributed by atoms with Crippen molar-refractivity contribution in [2.24, 2.45) is 0 Å². The number of H-pyrrole nitrogens is 1. The summed E-state index contributed by atoms with van der Waals surface area (Å²) in [4.78, 5) is 49.4. The van der Waals surface area contributed by atoms with E-state index in [9.17, 15) is 14.5 Å². The number of nitrogens with two attached hydrogens (primary N) is 1. The Hall–Kier alpha value is -2.31. The molecular weight excluding hydrogens is 655 g/mol. The lowest BCUT2D eigenvalue weighted by atomic mass is 10.1. The Morgan fingerprint density at radius 2 is 2.29 bits per heavy atom. The van der Waals surface area contributed by atoms with Crippen LogP contribution in [0.15, 0.2) is 35.1 Å². The predicted molar refractivity (Wildman–Crippen MR) is 158 cm³/mol. The summed E-state index contributed by atoms with van der Waals surface area (Å²) in [5.74, 6) is -0.187. The summed E-state index contributed by atoms with van der Waals surface area (Å²) in [6.45, 7) is -3.76. The molecule has 0 amide bonds. The van der Waals surface area contributed by atoms with Crippen LogP contribution in [0.1, 0.15) is 11.9 Å². The fourth-order valence-electron chi connectivity index (χ4n) is 4.32. The molecule has 6 atom stereocenters. The Balaban J connectivity index is 1.38. The van der Waals surface area contributed by atoms with E-state index in [1.807, 2.05) is 6.20 Å². The topological polar surface area (TPSA) is 191 Å². The van der Waals surface area contributed by atoms with Crippen LogP contribution in [0, 0.1) is 0 Å². The van der Waals surface area contributed by atoms with Crippen molar-refractivity contribution in [1.82, 2.24) is 29.1 Å². The second-order valence-electron chi connectivity index (χ2n) is 8.75. The van der Waals surface area contributed by atoms with E-state index in [2.05, 4.69) is 32.2 Å². The highest BCUT2D eigenvalue weighted by molar-refractivity contribution is 8.36. The minimum atomic E-state index is -4.12. The van der Waals surface area contributed by atoms with Crippen LogP contribution in [-0.4, -0.2) is 72.0 Å². The highest BCUT2D eigenvalue weighted by atomic mass is 32.7. The molecule has 4 N–H and O–H groups in total. The molecule has 4 aromatic heterocycles. The molecule has 0 spiro atoms. The molecule has 42 heavy (non-hydrogen) atoms. The molecule has 0 saturated carbocycles. The first-order valence-corrected chi connectivity index (χ1v) is 17.7. The average Bonchev–Trinajstić information content (AvgIpc) is 3.74. The van der Waals surface area contributed by atoms with Gasteiger partial charge in [0.05, 0.1) is 44.5 Å². The number of anilines is 1. The maximum absolute atomic E-state index is 15.7. The first kappa shape index (κ1) is 31.1. The Labute approximate surface area is 252 Å². The fraction of sp³-hybridized carbons (Fsp3) is 0.381. The first-order chi connectivity index (χ1) is 20.2. The molecule has 5 heterocycles. The number of rotatable bonds is 14. The third kappa shape index (κ3) is 6.91. The van der Waals surface area contributed by atoms with Crippen LogP contribution in [0.25, 0.3) is 21.6 Å². The Morgan fingerprint density at radius 1 is 1.45 bits per heavy atom. The molecular formula is C21H24FN7O8P2S3. The van der Waals surface area contributed by atoms with E-state index in [1.165, 1.54) is 22.2 Å². The summed E-state index contributed by atoms with van der Waals surface area (Å²) in [6, 6.07) is 1.81. The molecule has 4 aromatic rings. The molecule has 0 bridgehead atoms. The average molecular weight is 680 g/mol. The van der Waals surface area contributed by atoms with E-state index < -0.39 is 36.9 Å². The van der Waals surface area contributed by atoms with Crippen molar-refractivity contribution in [3.63, 3.8) is 0 Å². The van der Waals surface area contributed by atoms with Gasteiger partial charge in [-0.25, -0.2) is 9.37 Å². The number of ether oxygens (including phenoxy) is 2. The zero-order valence-corrected chi connectivity index (χ0v) is 25.7. The maximum Gasteiger partial charge on any atom is 0.325 e. The third-order valence-corrected chi connectivity index (χ3v) is 9.20. The van der Waals surface area contributed by atoms with E-state index in [4.69, 9.17) is 40.6 Å². The lowest BCUT2D eigenvalue weighted by Gasteiger charge is -2.25. The summed E-state index contributed by atoms with van der Waals surface area (Å²) < 4.78 is 46.1. The van der Waals surface area contributed by atoms with Gasteiger partial charge in [-0.3, -0.25) is 28.6 Å². The number of imidazole rings is 1. The molecule has 226 valence electrons. The van der Waals surface area contributed by atoms with Gasteiger partial charge in [0.25, 0.3) is 12.0 Å². The van der Waals surface area contributed by atoms with Crippen LogP contribution in [0.3, 0.4) is 0 Å². The van der Waals surface area contributed by atoms with Gasteiger partial charge in [-0.15, -0.1) is 23.6 Å². The fourth-order valence-corrected chi connectivity index (χ4v) is 6.73. The maximum atomic E-state index is 15.7. The quantitative estimate of drug-likeness (QED) is 0.0658. The molecule has 0 radical (unpaired) electrons. The highest BCUT2D eigenvalue weighted by Gasteiger charge is 2.50. The number of halogens is 1. The molecule has 1 saturated heterocycles. The minimum Gasteiger partial charge on any atom is -0.466 e. The number of hydrogen-bond acceptors (Lipinski definition) is 14. The van der Waals surface area contributed by atoms with E-state index in [1.54, 1.807) is 22.3 Å². The minimum absolute atomic E-state index is 0.0119. The summed E-state index contributed by atoms with van der Waals surface area (Å²) >= 11 is 10.7. The van der Waals surface area contributed by atoms with Crippen molar-refractivity contribution >= 4 is 73.7 Å². The number of thiol groups is 1. The van der Waals surface area contributed by atoms with Crippen LogP contribution in [0.4, 0.5) is 10.3 Å². The molecule has 5 rings (SSSR count). The van der Waals surface area contributed by atoms with Crippen molar-refractivity contribution in [1.29, 1.82) is 0 Å². The predicted octanol–water partition coefficient (Wildman–Crippen LogP) is 2.31. The van der Waals surface area contributed by atoms with E-state index in [0.717, 1.165) is 10.4 Å². The molecule has 0 aromatic carbocycles. The number of alkyl halides is 1. The monoisotopic (exact) mass is 679 g/mol. The second kappa shape index (κ2) is 13.5. The number of nitrogens with one attached hydrogen (secondary N) is 1. The number of nitrogen functional groups attached to an aromatic ring is 1. The van der Waals surface area contributed by atoms with Crippen LogP contribution in [0.5, 0.6) is 0 Å². The number of hydrogen-bond donors (Lipinski definition) is 4. The summed E-state index contributed by atoms with van der Waals surface area (Å²) in [6.07, 6.45) is -1.00.